The topological polar surface area (TPSA) is 60.7 Å². The highest BCUT2D eigenvalue weighted by Crippen LogP contribution is 2.37. The fraction of sp³-hybridized carbons (Fsp3) is 0. The number of amides is 1. The van der Waals surface area contributed by atoms with Crippen LogP contribution in [0.3, 0.4) is 0 Å². The fourth-order valence-electron chi connectivity index (χ4n) is 3.53. The van der Waals surface area contributed by atoms with Crippen LogP contribution in [0.5, 0.6) is 0 Å². The number of benzene rings is 2. The number of aromatic amines is 2. The number of carbonyl (C=O) groups excluding carboxylic acids is 1. The van der Waals surface area contributed by atoms with Gasteiger partial charge in [-0.25, -0.2) is 0 Å². The fourth-order valence-corrected chi connectivity index (χ4v) is 3.83. The Morgan fingerprint density at radius 3 is 1.84 bits per heavy atom. The normalized spacial score (nSPS) is 14.7. The maximum absolute atomic E-state index is 12.7. The summed E-state index contributed by atoms with van der Waals surface area (Å²) in [7, 11) is 0. The van der Waals surface area contributed by atoms with Crippen LogP contribution in [0.2, 0.25) is 0 Å². The number of hydrogen-bond acceptors (Lipinski definition) is 2. The Morgan fingerprint density at radius 1 is 0.720 bits per heavy atom. The van der Waals surface area contributed by atoms with Gasteiger partial charge in [0.25, 0.3) is 5.91 Å². The van der Waals surface area contributed by atoms with E-state index in [-0.39, 0.29) is 5.91 Å². The number of para-hydroxylation sites is 2. The SMILES string of the molecule is O=C1NC(=S)C(c2c[nH]c3ccccc23)=C1c1c[nH]c2ccccc12. The summed E-state index contributed by atoms with van der Waals surface area (Å²) in [6.45, 7) is 0. The van der Waals surface area contributed by atoms with Crippen LogP contribution in [-0.2, 0) is 4.79 Å². The zero-order valence-corrected chi connectivity index (χ0v) is 13.9. The van der Waals surface area contributed by atoms with Crippen LogP contribution in [0.25, 0.3) is 33.0 Å². The predicted molar refractivity (Wildman–Crippen MR) is 104 cm³/mol. The van der Waals surface area contributed by atoms with Crippen molar-refractivity contribution in [3.05, 3.63) is 72.1 Å². The molecule has 0 saturated carbocycles. The quantitative estimate of drug-likeness (QED) is 0.482. The van der Waals surface area contributed by atoms with Gasteiger partial charge in [-0.2, -0.15) is 0 Å². The van der Waals surface area contributed by atoms with Gasteiger partial charge in [0, 0.05) is 50.9 Å². The summed E-state index contributed by atoms with van der Waals surface area (Å²) in [5.41, 5.74) is 5.22. The zero-order valence-electron chi connectivity index (χ0n) is 13.1. The number of thiocarbonyl (C=S) groups is 1. The van der Waals surface area contributed by atoms with Gasteiger partial charge in [0.05, 0.1) is 5.57 Å². The Labute approximate surface area is 148 Å². The summed E-state index contributed by atoms with van der Waals surface area (Å²) in [4.78, 5) is 19.7. The average Bonchev–Trinajstić information content (AvgIpc) is 3.30. The number of aromatic nitrogens is 2. The van der Waals surface area contributed by atoms with Gasteiger partial charge in [0.15, 0.2) is 0 Å². The first-order valence-electron chi connectivity index (χ1n) is 7.97. The van der Waals surface area contributed by atoms with E-state index in [1.54, 1.807) is 0 Å². The molecule has 0 radical (unpaired) electrons. The summed E-state index contributed by atoms with van der Waals surface area (Å²) in [5.74, 6) is -0.157. The maximum atomic E-state index is 12.7. The van der Waals surface area contributed by atoms with Crippen molar-refractivity contribution in [1.29, 1.82) is 0 Å². The minimum absolute atomic E-state index is 0.157. The minimum Gasteiger partial charge on any atom is -0.361 e. The summed E-state index contributed by atoms with van der Waals surface area (Å²) in [6, 6.07) is 16.0. The van der Waals surface area contributed by atoms with Crippen molar-refractivity contribution >= 4 is 56.1 Å². The van der Waals surface area contributed by atoms with Crippen LogP contribution in [0.1, 0.15) is 11.1 Å². The first kappa shape index (κ1) is 14.2. The van der Waals surface area contributed by atoms with Crippen molar-refractivity contribution in [2.24, 2.45) is 0 Å². The van der Waals surface area contributed by atoms with E-state index in [2.05, 4.69) is 15.3 Å². The Bertz CT molecular complexity index is 1120. The van der Waals surface area contributed by atoms with E-state index in [0.717, 1.165) is 38.5 Å². The number of rotatable bonds is 2. The lowest BCUT2D eigenvalue weighted by molar-refractivity contribution is -0.114. The second-order valence-corrected chi connectivity index (χ2v) is 6.44. The van der Waals surface area contributed by atoms with Crippen LogP contribution in [0.15, 0.2) is 60.9 Å². The molecule has 0 saturated heterocycles. The molecule has 5 rings (SSSR count). The van der Waals surface area contributed by atoms with Gasteiger partial charge in [-0.3, -0.25) is 4.79 Å². The van der Waals surface area contributed by atoms with Crippen LogP contribution >= 0.6 is 12.2 Å². The van der Waals surface area contributed by atoms with Crippen LogP contribution in [-0.4, -0.2) is 20.9 Å². The maximum Gasteiger partial charge on any atom is 0.257 e. The third-order valence-electron chi connectivity index (χ3n) is 4.65. The Kier molecular flexibility index (Phi) is 2.93. The molecule has 4 nitrogen and oxygen atoms in total. The van der Waals surface area contributed by atoms with Crippen LogP contribution in [0.4, 0.5) is 0 Å². The molecule has 0 spiro atoms. The van der Waals surface area contributed by atoms with Gasteiger partial charge in [-0.15, -0.1) is 0 Å². The predicted octanol–water partition coefficient (Wildman–Crippen LogP) is 4.02. The summed E-state index contributed by atoms with van der Waals surface area (Å²) in [6.07, 6.45) is 3.80. The summed E-state index contributed by atoms with van der Waals surface area (Å²) in [5, 5.41) is 4.87. The monoisotopic (exact) mass is 343 g/mol. The molecule has 0 unspecified atom stereocenters. The third-order valence-corrected chi connectivity index (χ3v) is 4.95. The molecule has 1 aliphatic heterocycles. The molecule has 0 atom stereocenters. The van der Waals surface area contributed by atoms with Gasteiger partial charge >= 0.3 is 0 Å². The van der Waals surface area contributed by atoms with E-state index in [4.69, 9.17) is 12.2 Å². The molecule has 3 heterocycles. The molecule has 5 heteroatoms. The first-order valence-corrected chi connectivity index (χ1v) is 8.38. The number of hydrogen-bond donors (Lipinski definition) is 3. The highest BCUT2D eigenvalue weighted by Gasteiger charge is 2.32. The number of fused-ring (bicyclic) bond motifs is 2. The van der Waals surface area contributed by atoms with Crippen molar-refractivity contribution in [3.8, 4) is 0 Å². The minimum atomic E-state index is -0.157. The smallest absolute Gasteiger partial charge is 0.257 e. The Hall–Kier alpha value is -3.18. The van der Waals surface area contributed by atoms with Crippen molar-refractivity contribution < 1.29 is 4.79 Å². The molecule has 120 valence electrons. The van der Waals surface area contributed by atoms with E-state index >= 15 is 0 Å². The highest BCUT2D eigenvalue weighted by molar-refractivity contribution is 7.81. The van der Waals surface area contributed by atoms with Gasteiger partial charge in [0.1, 0.15) is 4.99 Å². The lowest BCUT2D eigenvalue weighted by Gasteiger charge is -2.04. The van der Waals surface area contributed by atoms with Crippen molar-refractivity contribution in [2.75, 3.05) is 0 Å². The summed E-state index contributed by atoms with van der Waals surface area (Å²) >= 11 is 5.49. The van der Waals surface area contributed by atoms with Crippen molar-refractivity contribution in [2.45, 2.75) is 0 Å². The number of H-pyrrole nitrogens is 2. The van der Waals surface area contributed by atoms with Gasteiger partial charge < -0.3 is 15.3 Å². The standard InChI is InChI=1S/C20H13N3OS/c24-19-17(13-9-21-15-7-3-1-5-11(13)15)18(20(25)23-19)14-10-22-16-8-4-2-6-12(14)16/h1-10,21-22H,(H,23,24,25). The van der Waals surface area contributed by atoms with E-state index in [1.807, 2.05) is 60.9 Å². The van der Waals surface area contributed by atoms with E-state index in [0.29, 0.717) is 10.6 Å². The molecule has 1 aliphatic rings. The number of nitrogens with one attached hydrogen (secondary N) is 3. The second kappa shape index (κ2) is 5.16. The molecule has 2 aromatic heterocycles. The average molecular weight is 343 g/mol. The molecule has 0 aliphatic carbocycles. The molecular weight excluding hydrogens is 330 g/mol. The molecule has 0 fully saturated rings. The molecule has 3 N–H and O–H groups in total. The van der Waals surface area contributed by atoms with Gasteiger partial charge in [0.2, 0.25) is 0 Å². The van der Waals surface area contributed by atoms with E-state index in [1.165, 1.54) is 0 Å². The molecular formula is C20H13N3OS. The molecule has 4 aromatic rings. The molecule has 2 aromatic carbocycles. The second-order valence-electron chi connectivity index (χ2n) is 6.03. The van der Waals surface area contributed by atoms with Crippen molar-refractivity contribution in [3.63, 3.8) is 0 Å². The Morgan fingerprint density at radius 2 is 1.24 bits per heavy atom. The third kappa shape index (κ3) is 1.99. The zero-order chi connectivity index (χ0) is 17.0. The van der Waals surface area contributed by atoms with E-state index < -0.39 is 0 Å². The van der Waals surface area contributed by atoms with Gasteiger partial charge in [-0.1, -0.05) is 48.6 Å². The lowest BCUT2D eigenvalue weighted by atomic mass is 9.96. The first-order chi connectivity index (χ1) is 12.2. The summed E-state index contributed by atoms with van der Waals surface area (Å²) < 4.78 is 0. The van der Waals surface area contributed by atoms with Crippen LogP contribution < -0.4 is 5.32 Å². The molecule has 25 heavy (non-hydrogen) atoms. The van der Waals surface area contributed by atoms with Crippen molar-refractivity contribution in [1.82, 2.24) is 15.3 Å². The molecule has 1 amide bonds. The van der Waals surface area contributed by atoms with Crippen LogP contribution in [0, 0.1) is 0 Å². The van der Waals surface area contributed by atoms with E-state index in [9.17, 15) is 4.79 Å². The highest BCUT2D eigenvalue weighted by atomic mass is 32.1. The number of carbonyl (C=O) groups is 1. The van der Waals surface area contributed by atoms with Gasteiger partial charge in [-0.05, 0) is 12.1 Å². The Balaban J connectivity index is 1.85. The molecule has 0 bridgehead atoms. The largest absolute Gasteiger partial charge is 0.361 e. The lowest BCUT2D eigenvalue weighted by Crippen LogP contribution is -2.21.